The first-order valence-corrected chi connectivity index (χ1v) is 12.4. The number of aliphatic imine (C=N–C) groups is 1. The van der Waals surface area contributed by atoms with Crippen molar-refractivity contribution in [2.24, 2.45) is 10.9 Å². The molecule has 0 aromatic heterocycles. The van der Waals surface area contributed by atoms with E-state index in [-0.39, 0.29) is 29.7 Å². The summed E-state index contributed by atoms with van der Waals surface area (Å²) in [6.45, 7) is 9.44. The number of fused-ring (bicyclic) bond motifs is 1. The van der Waals surface area contributed by atoms with Gasteiger partial charge in [0.2, 0.25) is 10.0 Å². The molecule has 1 saturated heterocycles. The molecular weight excluding hydrogens is 529 g/mol. The predicted octanol–water partition coefficient (Wildman–Crippen LogP) is 1.52. The Kier molecular flexibility index (Phi) is 10.3. The van der Waals surface area contributed by atoms with Gasteiger partial charge < -0.3 is 15.4 Å². The van der Waals surface area contributed by atoms with E-state index in [9.17, 15) is 8.42 Å². The average molecular weight is 566 g/mol. The van der Waals surface area contributed by atoms with Crippen LogP contribution >= 0.6 is 24.0 Å². The summed E-state index contributed by atoms with van der Waals surface area (Å²) in [5, 5.41) is 6.53. The molecule has 31 heavy (non-hydrogen) atoms. The zero-order chi connectivity index (χ0) is 21.6. The van der Waals surface area contributed by atoms with Gasteiger partial charge in [-0.05, 0) is 24.0 Å². The van der Waals surface area contributed by atoms with Crippen molar-refractivity contribution in [1.82, 2.24) is 15.5 Å². The van der Waals surface area contributed by atoms with Crippen molar-refractivity contribution in [2.45, 2.75) is 26.3 Å². The molecule has 2 N–H and O–H groups in total. The van der Waals surface area contributed by atoms with Crippen molar-refractivity contribution in [1.29, 1.82) is 0 Å². The number of nitrogens with one attached hydrogen (secondary N) is 2. The highest BCUT2D eigenvalue weighted by Crippen LogP contribution is 2.29. The van der Waals surface area contributed by atoms with E-state index in [4.69, 9.17) is 4.74 Å². The fourth-order valence-corrected chi connectivity index (χ4v) is 5.55. The number of benzene rings is 1. The Balaban J connectivity index is 0.00000341. The molecule has 1 aromatic carbocycles. The molecule has 2 aliphatic heterocycles. The number of guanidine groups is 1. The van der Waals surface area contributed by atoms with Crippen LogP contribution in [0.3, 0.4) is 0 Å². The van der Waals surface area contributed by atoms with Crippen molar-refractivity contribution in [3.05, 3.63) is 29.8 Å². The first-order chi connectivity index (χ1) is 14.4. The van der Waals surface area contributed by atoms with Gasteiger partial charge in [0.05, 0.1) is 24.7 Å². The third-order valence-corrected chi connectivity index (χ3v) is 7.59. The number of nitrogens with zero attached hydrogens (tertiary/aromatic N) is 3. The molecule has 1 fully saturated rings. The number of hydrogen-bond acceptors (Lipinski definition) is 5. The van der Waals surface area contributed by atoms with Crippen LogP contribution in [0.2, 0.25) is 0 Å². The van der Waals surface area contributed by atoms with E-state index in [0.717, 1.165) is 50.5 Å². The van der Waals surface area contributed by atoms with E-state index in [1.165, 1.54) is 4.31 Å². The van der Waals surface area contributed by atoms with Crippen LogP contribution in [0.5, 0.6) is 0 Å². The quantitative estimate of drug-likeness (QED) is 0.283. The van der Waals surface area contributed by atoms with E-state index in [0.29, 0.717) is 31.0 Å². The highest BCUT2D eigenvalue weighted by molar-refractivity contribution is 14.0. The summed E-state index contributed by atoms with van der Waals surface area (Å²) in [6, 6.07) is 8.08. The third kappa shape index (κ3) is 6.93. The van der Waals surface area contributed by atoms with Gasteiger partial charge in [0.15, 0.2) is 5.96 Å². The van der Waals surface area contributed by atoms with Crippen LogP contribution in [-0.2, 0) is 21.2 Å². The van der Waals surface area contributed by atoms with Crippen molar-refractivity contribution in [2.75, 3.05) is 63.0 Å². The van der Waals surface area contributed by atoms with Gasteiger partial charge in [-0.25, -0.2) is 8.42 Å². The molecule has 8 nitrogen and oxygen atoms in total. The highest BCUT2D eigenvalue weighted by atomic mass is 127. The number of hydrogen-bond donors (Lipinski definition) is 2. The summed E-state index contributed by atoms with van der Waals surface area (Å²) in [5.41, 5.74) is 1.90. The molecule has 1 aromatic rings. The molecule has 0 aliphatic carbocycles. The lowest BCUT2D eigenvalue weighted by Crippen LogP contribution is -2.53. The second kappa shape index (κ2) is 12.2. The maximum absolute atomic E-state index is 12.8. The second-order valence-corrected chi connectivity index (χ2v) is 10.1. The molecule has 2 aliphatic rings. The molecule has 1 atom stereocenters. The smallest absolute Gasteiger partial charge is 0.236 e. The van der Waals surface area contributed by atoms with Crippen molar-refractivity contribution >= 4 is 45.6 Å². The van der Waals surface area contributed by atoms with Gasteiger partial charge in [0, 0.05) is 45.8 Å². The molecule has 0 saturated carbocycles. The Labute approximate surface area is 203 Å². The largest absolute Gasteiger partial charge is 0.379 e. The summed E-state index contributed by atoms with van der Waals surface area (Å²) in [7, 11) is -1.67. The van der Waals surface area contributed by atoms with Crippen LogP contribution in [0.25, 0.3) is 0 Å². The van der Waals surface area contributed by atoms with Crippen LogP contribution in [0, 0.1) is 5.92 Å². The Morgan fingerprint density at radius 3 is 2.55 bits per heavy atom. The number of morpholine rings is 1. The van der Waals surface area contributed by atoms with Crippen LogP contribution in [0.4, 0.5) is 5.69 Å². The molecule has 10 heteroatoms. The monoisotopic (exact) mass is 565 g/mol. The summed E-state index contributed by atoms with van der Waals surface area (Å²) in [6.07, 6.45) is 0.768. The maximum atomic E-state index is 12.8. The second-order valence-electron chi connectivity index (χ2n) is 8.11. The molecule has 1 unspecified atom stereocenters. The summed E-state index contributed by atoms with van der Waals surface area (Å²) in [4.78, 5) is 6.71. The minimum Gasteiger partial charge on any atom is -0.379 e. The Bertz CT molecular complexity index is 828. The SMILES string of the molecule is CN=C(NCCS(=O)(=O)N1CCc2ccccc21)NCC(C(C)C)N1CCOCC1.I. The van der Waals surface area contributed by atoms with Crippen molar-refractivity contribution < 1.29 is 13.2 Å². The first kappa shape index (κ1) is 26.1. The topological polar surface area (TPSA) is 86.3 Å². The highest BCUT2D eigenvalue weighted by Gasteiger charge is 2.29. The van der Waals surface area contributed by atoms with Crippen molar-refractivity contribution in [3.63, 3.8) is 0 Å². The number of rotatable bonds is 8. The number of sulfonamides is 1. The summed E-state index contributed by atoms with van der Waals surface area (Å²) < 4.78 is 32.7. The van der Waals surface area contributed by atoms with Gasteiger partial charge in [0.25, 0.3) is 0 Å². The molecule has 2 heterocycles. The maximum Gasteiger partial charge on any atom is 0.236 e. The van der Waals surface area contributed by atoms with E-state index in [1.54, 1.807) is 7.05 Å². The molecule has 0 radical (unpaired) electrons. The van der Waals surface area contributed by atoms with E-state index >= 15 is 0 Å². The Hall–Kier alpha value is -1.11. The van der Waals surface area contributed by atoms with Crippen LogP contribution < -0.4 is 14.9 Å². The molecule has 0 amide bonds. The third-order valence-electron chi connectivity index (χ3n) is 5.82. The lowest BCUT2D eigenvalue weighted by atomic mass is 10.0. The van der Waals surface area contributed by atoms with Gasteiger partial charge in [-0.1, -0.05) is 32.0 Å². The van der Waals surface area contributed by atoms with Gasteiger partial charge in [-0.15, -0.1) is 24.0 Å². The lowest BCUT2D eigenvalue weighted by molar-refractivity contribution is 0.00752. The van der Waals surface area contributed by atoms with E-state index < -0.39 is 10.0 Å². The standard InChI is InChI=1S/C21H35N5O3S.HI/c1-17(2)20(25-11-13-29-14-12-25)16-24-21(22-3)23-9-15-30(27,28)26-10-8-18-6-4-5-7-19(18)26;/h4-7,17,20H,8-16H2,1-3H3,(H2,22,23,24);1H. The fourth-order valence-electron chi connectivity index (χ4n) is 4.12. The normalized spacial score (nSPS) is 18.5. The van der Waals surface area contributed by atoms with E-state index in [2.05, 4.69) is 34.4 Å². The lowest BCUT2D eigenvalue weighted by Gasteiger charge is -2.37. The summed E-state index contributed by atoms with van der Waals surface area (Å²) >= 11 is 0. The number of ether oxygens (including phenoxy) is 1. The van der Waals surface area contributed by atoms with Crippen LogP contribution in [0.1, 0.15) is 19.4 Å². The zero-order valence-corrected chi connectivity index (χ0v) is 21.9. The Morgan fingerprint density at radius 2 is 1.87 bits per heavy atom. The van der Waals surface area contributed by atoms with Gasteiger partial charge in [0.1, 0.15) is 0 Å². The number of halogens is 1. The van der Waals surface area contributed by atoms with Crippen LogP contribution in [-0.4, -0.2) is 84.1 Å². The predicted molar refractivity (Wildman–Crippen MR) is 137 cm³/mol. The van der Waals surface area contributed by atoms with Crippen LogP contribution in [0.15, 0.2) is 29.3 Å². The summed E-state index contributed by atoms with van der Waals surface area (Å²) in [5.74, 6) is 1.15. The van der Waals surface area contributed by atoms with Gasteiger partial charge in [-0.2, -0.15) is 0 Å². The molecule has 0 spiro atoms. The molecular formula is C21H36IN5O3S. The van der Waals surface area contributed by atoms with Gasteiger partial charge >= 0.3 is 0 Å². The number of anilines is 1. The molecule has 176 valence electrons. The molecule has 3 rings (SSSR count). The zero-order valence-electron chi connectivity index (χ0n) is 18.7. The molecule has 0 bridgehead atoms. The van der Waals surface area contributed by atoms with Gasteiger partial charge in [-0.3, -0.25) is 14.2 Å². The number of para-hydroxylation sites is 1. The fraction of sp³-hybridized carbons (Fsp3) is 0.667. The minimum atomic E-state index is -3.37. The first-order valence-electron chi connectivity index (χ1n) is 10.8. The van der Waals surface area contributed by atoms with E-state index in [1.807, 2.05) is 24.3 Å². The Morgan fingerprint density at radius 1 is 1.16 bits per heavy atom. The minimum absolute atomic E-state index is 0. The van der Waals surface area contributed by atoms with Crippen molar-refractivity contribution in [3.8, 4) is 0 Å². The average Bonchev–Trinajstić information content (AvgIpc) is 3.18.